The molecule has 1 unspecified atom stereocenters. The summed E-state index contributed by atoms with van der Waals surface area (Å²) in [6.45, 7) is 5.75. The highest BCUT2D eigenvalue weighted by molar-refractivity contribution is 7.91. The molecule has 2 aromatic heterocycles. The predicted molar refractivity (Wildman–Crippen MR) is 109 cm³/mol. The van der Waals surface area contributed by atoms with Crippen molar-refractivity contribution in [2.45, 2.75) is 38.8 Å². The number of hydrogen-bond donors (Lipinski definition) is 1. The molecule has 9 heteroatoms. The second-order valence-electron chi connectivity index (χ2n) is 7.97. The molecule has 0 bridgehead atoms. The molecule has 0 radical (unpaired) electrons. The fraction of sp³-hybridized carbons (Fsp3) is 0.632. The van der Waals surface area contributed by atoms with Gasteiger partial charge in [0.15, 0.2) is 9.84 Å². The Hall–Kier alpha value is -2.00. The lowest BCUT2D eigenvalue weighted by Gasteiger charge is -2.30. The highest BCUT2D eigenvalue weighted by Crippen LogP contribution is 2.22. The molecule has 0 amide bonds. The summed E-state index contributed by atoms with van der Waals surface area (Å²) in [6.07, 6.45) is 10.4. The van der Waals surface area contributed by atoms with Crippen LogP contribution in [0.15, 0.2) is 24.9 Å². The van der Waals surface area contributed by atoms with E-state index in [0.717, 1.165) is 42.8 Å². The summed E-state index contributed by atoms with van der Waals surface area (Å²) in [6, 6.07) is 0.0619. The lowest BCUT2D eigenvalue weighted by atomic mass is 10.00. The Morgan fingerprint density at radius 1 is 1.14 bits per heavy atom. The summed E-state index contributed by atoms with van der Waals surface area (Å²) in [4.78, 5) is 15.7. The van der Waals surface area contributed by atoms with E-state index in [2.05, 4.69) is 36.7 Å². The number of piperidine rings is 1. The van der Waals surface area contributed by atoms with Gasteiger partial charge in [-0.1, -0.05) is 6.92 Å². The minimum absolute atomic E-state index is 0.0619. The van der Waals surface area contributed by atoms with E-state index in [1.807, 2.05) is 18.6 Å². The fourth-order valence-electron chi connectivity index (χ4n) is 3.91. The maximum atomic E-state index is 11.6. The Labute approximate surface area is 166 Å². The minimum Gasteiger partial charge on any atom is -0.341 e. The molecule has 1 atom stereocenters. The summed E-state index contributed by atoms with van der Waals surface area (Å²) in [5.41, 5.74) is 1.91. The molecule has 2 aliphatic heterocycles. The molecular formula is C19H28N6O2S. The molecule has 8 nitrogen and oxygen atoms in total. The largest absolute Gasteiger partial charge is 0.341 e. The van der Waals surface area contributed by atoms with Crippen LogP contribution in [-0.4, -0.2) is 65.1 Å². The molecule has 4 heterocycles. The van der Waals surface area contributed by atoms with Gasteiger partial charge in [0, 0.05) is 50.2 Å². The normalized spacial score (nSPS) is 22.6. The summed E-state index contributed by atoms with van der Waals surface area (Å²) in [5, 5.41) is 3.34. The van der Waals surface area contributed by atoms with Gasteiger partial charge in [0.25, 0.3) is 0 Å². The van der Waals surface area contributed by atoms with Crippen molar-refractivity contribution >= 4 is 15.8 Å². The van der Waals surface area contributed by atoms with E-state index in [9.17, 15) is 8.42 Å². The van der Waals surface area contributed by atoms with Crippen LogP contribution in [0.25, 0.3) is 11.3 Å². The number of aromatic nitrogens is 4. The second kappa shape index (κ2) is 8.16. The zero-order valence-electron chi connectivity index (χ0n) is 16.3. The lowest BCUT2D eigenvalue weighted by Crippen LogP contribution is -2.34. The highest BCUT2D eigenvalue weighted by Gasteiger charge is 2.27. The molecule has 152 valence electrons. The topological polar surface area (TPSA) is 93.0 Å². The zero-order valence-corrected chi connectivity index (χ0v) is 17.1. The van der Waals surface area contributed by atoms with Gasteiger partial charge < -0.3 is 14.8 Å². The Kier molecular flexibility index (Phi) is 5.63. The quantitative estimate of drug-likeness (QED) is 0.777. The highest BCUT2D eigenvalue weighted by atomic mass is 32.2. The van der Waals surface area contributed by atoms with Crippen LogP contribution in [0.5, 0.6) is 0 Å². The van der Waals surface area contributed by atoms with Crippen molar-refractivity contribution in [2.75, 3.05) is 36.0 Å². The zero-order chi connectivity index (χ0) is 19.6. The number of rotatable bonds is 6. The third-order valence-electron chi connectivity index (χ3n) is 5.73. The molecule has 2 fully saturated rings. The monoisotopic (exact) mass is 404 g/mol. The van der Waals surface area contributed by atoms with Crippen LogP contribution in [0, 0.1) is 5.92 Å². The third kappa shape index (κ3) is 4.52. The molecule has 0 aromatic carbocycles. The van der Waals surface area contributed by atoms with Crippen molar-refractivity contribution in [3.8, 4) is 11.3 Å². The van der Waals surface area contributed by atoms with Gasteiger partial charge in [-0.3, -0.25) is 0 Å². The Morgan fingerprint density at radius 3 is 2.57 bits per heavy atom. The SMILES string of the molecule is CC1CCN(c2ncc(-c3cncn3CCNC3CCS(=O)(=O)C3)cn2)CC1. The molecule has 28 heavy (non-hydrogen) atoms. The van der Waals surface area contributed by atoms with Crippen LogP contribution < -0.4 is 10.2 Å². The van der Waals surface area contributed by atoms with E-state index in [4.69, 9.17) is 0 Å². The number of nitrogens with one attached hydrogen (secondary N) is 1. The maximum absolute atomic E-state index is 11.6. The maximum Gasteiger partial charge on any atom is 0.225 e. The minimum atomic E-state index is -2.85. The Balaban J connectivity index is 1.35. The number of anilines is 1. The van der Waals surface area contributed by atoms with Crippen molar-refractivity contribution in [3.05, 3.63) is 24.9 Å². The van der Waals surface area contributed by atoms with Gasteiger partial charge in [0.05, 0.1) is 29.7 Å². The van der Waals surface area contributed by atoms with E-state index in [-0.39, 0.29) is 11.8 Å². The van der Waals surface area contributed by atoms with Gasteiger partial charge in [-0.05, 0) is 25.2 Å². The molecule has 4 rings (SSSR count). The van der Waals surface area contributed by atoms with Crippen molar-refractivity contribution < 1.29 is 8.42 Å². The van der Waals surface area contributed by atoms with E-state index >= 15 is 0 Å². The second-order valence-corrected chi connectivity index (χ2v) is 10.2. The first-order valence-electron chi connectivity index (χ1n) is 10.0. The van der Waals surface area contributed by atoms with Crippen LogP contribution in [-0.2, 0) is 16.4 Å². The van der Waals surface area contributed by atoms with Crippen LogP contribution in [0.3, 0.4) is 0 Å². The summed E-state index contributed by atoms with van der Waals surface area (Å²) in [7, 11) is -2.85. The lowest BCUT2D eigenvalue weighted by molar-refractivity contribution is 0.434. The molecule has 0 aliphatic carbocycles. The fourth-order valence-corrected chi connectivity index (χ4v) is 5.62. The van der Waals surface area contributed by atoms with E-state index in [1.54, 1.807) is 6.33 Å². The van der Waals surface area contributed by atoms with Crippen LogP contribution in [0.4, 0.5) is 5.95 Å². The van der Waals surface area contributed by atoms with E-state index < -0.39 is 9.84 Å². The smallest absolute Gasteiger partial charge is 0.225 e. The Morgan fingerprint density at radius 2 is 1.89 bits per heavy atom. The molecular weight excluding hydrogens is 376 g/mol. The van der Waals surface area contributed by atoms with Gasteiger partial charge in [-0.2, -0.15) is 0 Å². The standard InChI is InChI=1S/C19H28N6O2S/c1-15-2-6-24(7-3-15)19-22-10-16(11-23-19)18-12-20-14-25(18)8-5-21-17-4-9-28(26,27)13-17/h10-12,14-15,17,21H,2-9,13H2,1H3. The van der Waals surface area contributed by atoms with Crippen molar-refractivity contribution in [3.63, 3.8) is 0 Å². The van der Waals surface area contributed by atoms with Gasteiger partial charge in [-0.25, -0.2) is 23.4 Å². The summed E-state index contributed by atoms with van der Waals surface area (Å²) < 4.78 is 25.2. The number of nitrogens with zero attached hydrogens (tertiary/aromatic N) is 5. The summed E-state index contributed by atoms with van der Waals surface area (Å²) in [5.74, 6) is 2.11. The van der Waals surface area contributed by atoms with Crippen molar-refractivity contribution in [1.29, 1.82) is 0 Å². The average molecular weight is 405 g/mol. The van der Waals surface area contributed by atoms with E-state index in [1.165, 1.54) is 12.8 Å². The molecule has 0 saturated carbocycles. The molecule has 1 N–H and O–H groups in total. The van der Waals surface area contributed by atoms with Gasteiger partial charge in [-0.15, -0.1) is 0 Å². The van der Waals surface area contributed by atoms with Crippen LogP contribution in [0.2, 0.25) is 0 Å². The van der Waals surface area contributed by atoms with E-state index in [0.29, 0.717) is 18.7 Å². The number of sulfone groups is 1. The first-order chi connectivity index (χ1) is 13.5. The first kappa shape index (κ1) is 19.3. The summed E-state index contributed by atoms with van der Waals surface area (Å²) >= 11 is 0. The molecule has 2 saturated heterocycles. The number of imidazole rings is 1. The molecule has 0 spiro atoms. The van der Waals surface area contributed by atoms with Gasteiger partial charge in [0.2, 0.25) is 5.95 Å². The van der Waals surface area contributed by atoms with Crippen molar-refractivity contribution in [1.82, 2.24) is 24.8 Å². The van der Waals surface area contributed by atoms with Crippen molar-refractivity contribution in [2.24, 2.45) is 5.92 Å². The first-order valence-corrected chi connectivity index (χ1v) is 11.8. The van der Waals surface area contributed by atoms with Crippen LogP contribution in [0.1, 0.15) is 26.2 Å². The average Bonchev–Trinajstić information content (AvgIpc) is 3.29. The van der Waals surface area contributed by atoms with Crippen LogP contribution >= 0.6 is 0 Å². The van der Waals surface area contributed by atoms with Gasteiger partial charge in [0.1, 0.15) is 0 Å². The predicted octanol–water partition coefficient (Wildman–Crippen LogP) is 1.35. The number of hydrogen-bond acceptors (Lipinski definition) is 7. The van der Waals surface area contributed by atoms with Gasteiger partial charge >= 0.3 is 0 Å². The molecule has 2 aliphatic rings. The molecule has 2 aromatic rings. The third-order valence-corrected chi connectivity index (χ3v) is 7.50. The Bertz CT molecular complexity index is 887.